The second-order valence-corrected chi connectivity index (χ2v) is 16.2. The van der Waals surface area contributed by atoms with Crippen LogP contribution in [-0.2, 0) is 22.4 Å². The minimum absolute atomic E-state index is 0.0419. The molecule has 3 N–H and O–H groups in total. The van der Waals surface area contributed by atoms with E-state index in [1.165, 1.54) is 56.1 Å². The molecule has 0 saturated heterocycles. The summed E-state index contributed by atoms with van der Waals surface area (Å²) in [6, 6.07) is 41.3. The summed E-state index contributed by atoms with van der Waals surface area (Å²) < 4.78 is 16.5. The summed E-state index contributed by atoms with van der Waals surface area (Å²) in [5.74, 6) is 0.144. The van der Waals surface area contributed by atoms with Crippen molar-refractivity contribution in [1.29, 1.82) is 5.26 Å². The molecule has 0 aliphatic heterocycles. The van der Waals surface area contributed by atoms with Crippen molar-refractivity contribution >= 4 is 57.6 Å². The standard InChI is InChI=1S/C48H42N4O6S2/c1-56-40-25-30(26-41(57-2)43(40)58-3)24-39(51-45(53)33-18-11-6-12-19-33)46(54)50-35-20-13-21-36(28-35)59-44(32-16-9-5-10-17-32)47(55)52-48-38(29-49)37-23-22-34(27-42(37)60-48)31-14-7-4-8-15-31/h4-21,24-26,28,34,44H,22-23,27H2,1-3H3,(H,50,54)(H,51,53)(H,52,55)/b39-24+. The molecule has 0 radical (unpaired) electrons. The van der Waals surface area contributed by atoms with Gasteiger partial charge < -0.3 is 30.2 Å². The van der Waals surface area contributed by atoms with Crippen LogP contribution in [0.5, 0.6) is 17.2 Å². The maximum Gasteiger partial charge on any atom is 0.272 e. The van der Waals surface area contributed by atoms with E-state index < -0.39 is 17.1 Å². The highest BCUT2D eigenvalue weighted by molar-refractivity contribution is 8.00. The van der Waals surface area contributed by atoms with Crippen LogP contribution in [0.2, 0.25) is 0 Å². The summed E-state index contributed by atoms with van der Waals surface area (Å²) in [4.78, 5) is 43.5. The van der Waals surface area contributed by atoms with E-state index in [9.17, 15) is 19.6 Å². The zero-order chi connectivity index (χ0) is 42.0. The van der Waals surface area contributed by atoms with Crippen molar-refractivity contribution in [1.82, 2.24) is 5.32 Å². The lowest BCUT2D eigenvalue weighted by atomic mass is 9.83. The first-order valence-corrected chi connectivity index (χ1v) is 20.9. The second-order valence-electron chi connectivity index (χ2n) is 13.9. The van der Waals surface area contributed by atoms with Gasteiger partial charge in [-0.25, -0.2) is 0 Å². The van der Waals surface area contributed by atoms with Gasteiger partial charge in [-0.1, -0.05) is 84.9 Å². The molecule has 1 aromatic heterocycles. The quantitative estimate of drug-likeness (QED) is 0.0729. The minimum atomic E-state index is -0.694. The molecule has 5 aromatic carbocycles. The van der Waals surface area contributed by atoms with Crippen molar-refractivity contribution in [2.75, 3.05) is 32.0 Å². The largest absolute Gasteiger partial charge is 0.493 e. The zero-order valence-corrected chi connectivity index (χ0v) is 34.8. The molecule has 7 rings (SSSR count). The number of methoxy groups -OCH3 is 3. The molecule has 1 aliphatic rings. The van der Waals surface area contributed by atoms with Crippen molar-refractivity contribution in [2.24, 2.45) is 0 Å². The number of hydrogen-bond donors (Lipinski definition) is 3. The Labute approximate surface area is 357 Å². The van der Waals surface area contributed by atoms with Gasteiger partial charge in [-0.3, -0.25) is 14.4 Å². The average molecular weight is 835 g/mol. The molecule has 0 fully saturated rings. The molecule has 0 saturated carbocycles. The highest BCUT2D eigenvalue weighted by Crippen LogP contribution is 2.44. The van der Waals surface area contributed by atoms with Gasteiger partial charge in [0.1, 0.15) is 22.0 Å². The van der Waals surface area contributed by atoms with Crippen molar-refractivity contribution in [3.8, 4) is 23.3 Å². The molecule has 2 atom stereocenters. The van der Waals surface area contributed by atoms with E-state index in [1.807, 2.05) is 42.5 Å². The number of thioether (sulfide) groups is 1. The van der Waals surface area contributed by atoms with Gasteiger partial charge in [-0.15, -0.1) is 23.1 Å². The number of rotatable bonds is 14. The first-order chi connectivity index (χ1) is 29.3. The Morgan fingerprint density at radius 3 is 2.13 bits per heavy atom. The zero-order valence-electron chi connectivity index (χ0n) is 33.2. The van der Waals surface area contributed by atoms with Crippen LogP contribution in [0.3, 0.4) is 0 Å². The van der Waals surface area contributed by atoms with Crippen LogP contribution in [0.25, 0.3) is 6.08 Å². The summed E-state index contributed by atoms with van der Waals surface area (Å²) in [5, 5.41) is 19.0. The number of benzene rings is 5. The van der Waals surface area contributed by atoms with Crippen LogP contribution in [0, 0.1) is 11.3 Å². The third kappa shape index (κ3) is 9.55. The number of carbonyl (C=O) groups is 3. The fourth-order valence-electron chi connectivity index (χ4n) is 7.16. The molecule has 60 heavy (non-hydrogen) atoms. The lowest BCUT2D eigenvalue weighted by Gasteiger charge is -2.22. The van der Waals surface area contributed by atoms with Crippen LogP contribution in [0.15, 0.2) is 138 Å². The maximum absolute atomic E-state index is 14.3. The number of carbonyl (C=O) groups excluding carboxylic acids is 3. The number of thiophene rings is 1. The SMILES string of the molecule is COc1cc(/C=C(/NC(=O)c2ccccc2)C(=O)Nc2cccc(SC(C(=O)Nc3sc4c(c3C#N)CCC(c3ccccc3)C4)c3ccccc3)c2)cc(OC)c1OC. The summed E-state index contributed by atoms with van der Waals surface area (Å²) in [5.41, 5.74) is 4.88. The van der Waals surface area contributed by atoms with Gasteiger partial charge in [0, 0.05) is 21.0 Å². The van der Waals surface area contributed by atoms with Crippen LogP contribution in [0.1, 0.15) is 60.6 Å². The summed E-state index contributed by atoms with van der Waals surface area (Å²) >= 11 is 2.81. The number of amides is 3. The molecule has 1 aliphatic carbocycles. The lowest BCUT2D eigenvalue weighted by Crippen LogP contribution is -2.30. The van der Waals surface area contributed by atoms with Crippen molar-refractivity contribution in [2.45, 2.75) is 35.3 Å². The Hall–Kier alpha value is -6.81. The van der Waals surface area contributed by atoms with Gasteiger partial charge in [0.05, 0.1) is 26.9 Å². The fourth-order valence-corrected chi connectivity index (χ4v) is 9.52. The number of nitriles is 1. The summed E-state index contributed by atoms with van der Waals surface area (Å²) in [6.45, 7) is 0. The molecule has 12 heteroatoms. The van der Waals surface area contributed by atoms with Crippen molar-refractivity contribution in [3.05, 3.63) is 171 Å². The third-order valence-electron chi connectivity index (χ3n) is 10.1. The van der Waals surface area contributed by atoms with E-state index in [2.05, 4.69) is 46.3 Å². The van der Waals surface area contributed by atoms with Crippen molar-refractivity contribution < 1.29 is 28.6 Å². The number of ether oxygens (including phenoxy) is 3. The number of fused-ring (bicyclic) bond motifs is 1. The highest BCUT2D eigenvalue weighted by Gasteiger charge is 2.30. The Morgan fingerprint density at radius 1 is 0.817 bits per heavy atom. The molecule has 1 heterocycles. The Morgan fingerprint density at radius 2 is 1.48 bits per heavy atom. The van der Waals surface area contributed by atoms with E-state index in [0.717, 1.165) is 35.3 Å². The predicted octanol–water partition coefficient (Wildman–Crippen LogP) is 9.80. The van der Waals surface area contributed by atoms with Gasteiger partial charge in [0.2, 0.25) is 11.7 Å². The Kier molecular flexibility index (Phi) is 13.3. The topological polar surface area (TPSA) is 139 Å². The maximum atomic E-state index is 14.3. The third-order valence-corrected chi connectivity index (χ3v) is 12.5. The van der Waals surface area contributed by atoms with Gasteiger partial charge in [-0.2, -0.15) is 5.26 Å². The first-order valence-electron chi connectivity index (χ1n) is 19.2. The molecule has 3 amide bonds. The summed E-state index contributed by atoms with van der Waals surface area (Å²) in [7, 11) is 4.48. The van der Waals surface area contributed by atoms with Gasteiger partial charge >= 0.3 is 0 Å². The molecule has 302 valence electrons. The Bertz CT molecular complexity index is 2550. The van der Waals surface area contributed by atoms with E-state index >= 15 is 0 Å². The van der Waals surface area contributed by atoms with Crippen LogP contribution >= 0.6 is 23.1 Å². The van der Waals surface area contributed by atoms with Crippen LogP contribution in [0.4, 0.5) is 10.7 Å². The van der Waals surface area contributed by atoms with Gasteiger partial charge in [0.25, 0.3) is 11.8 Å². The van der Waals surface area contributed by atoms with E-state index in [0.29, 0.717) is 55.4 Å². The molecule has 2 unspecified atom stereocenters. The lowest BCUT2D eigenvalue weighted by molar-refractivity contribution is -0.116. The van der Waals surface area contributed by atoms with Crippen molar-refractivity contribution in [3.63, 3.8) is 0 Å². The Balaban J connectivity index is 1.14. The monoisotopic (exact) mass is 834 g/mol. The molecule has 0 bridgehead atoms. The van der Waals surface area contributed by atoms with E-state index in [4.69, 9.17) is 14.2 Å². The predicted molar refractivity (Wildman–Crippen MR) is 237 cm³/mol. The van der Waals surface area contributed by atoms with Gasteiger partial charge in [0.15, 0.2) is 11.5 Å². The van der Waals surface area contributed by atoms with Crippen LogP contribution in [-0.4, -0.2) is 39.1 Å². The molecular formula is C48H42N4O6S2. The molecular weight excluding hydrogens is 793 g/mol. The number of hydrogen-bond acceptors (Lipinski definition) is 9. The number of nitrogens with one attached hydrogen (secondary N) is 3. The summed E-state index contributed by atoms with van der Waals surface area (Å²) in [6.07, 6.45) is 4.05. The molecule has 0 spiro atoms. The first kappa shape index (κ1) is 41.4. The smallest absolute Gasteiger partial charge is 0.272 e. The second kappa shape index (κ2) is 19.3. The van der Waals surface area contributed by atoms with Gasteiger partial charge in [-0.05, 0) is 96.0 Å². The van der Waals surface area contributed by atoms with E-state index in [1.54, 1.807) is 60.7 Å². The highest BCUT2D eigenvalue weighted by atomic mass is 32.2. The fraction of sp³-hybridized carbons (Fsp3) is 0.167. The molecule has 6 aromatic rings. The normalized spacial score (nSPS) is 13.8. The number of nitrogens with zero attached hydrogens (tertiary/aromatic N) is 1. The average Bonchev–Trinajstić information content (AvgIpc) is 3.64. The number of anilines is 2. The minimum Gasteiger partial charge on any atom is -0.493 e. The van der Waals surface area contributed by atoms with E-state index in [-0.39, 0.29) is 11.6 Å². The van der Waals surface area contributed by atoms with Crippen LogP contribution < -0.4 is 30.2 Å². The molecule has 10 nitrogen and oxygen atoms in total.